The fraction of sp³-hybridized carbons (Fsp3) is 0.833. The summed E-state index contributed by atoms with van der Waals surface area (Å²) in [5.74, 6) is -0.0747. The highest BCUT2D eigenvalue weighted by atomic mass is 35.5. The van der Waals surface area contributed by atoms with Crippen LogP contribution in [0.2, 0.25) is 0 Å². The first-order valence-corrected chi connectivity index (χ1v) is 6.90. The molecule has 0 aromatic carbocycles. The Kier molecular flexibility index (Phi) is 6.86. The van der Waals surface area contributed by atoms with Gasteiger partial charge in [0, 0.05) is 6.54 Å². The van der Waals surface area contributed by atoms with Gasteiger partial charge in [-0.3, -0.25) is 4.90 Å². The first-order chi connectivity index (χ1) is 8.70. The zero-order valence-electron chi connectivity index (χ0n) is 10.7. The Labute approximate surface area is 112 Å². The molecule has 1 saturated heterocycles. The van der Waals surface area contributed by atoms with Crippen molar-refractivity contribution < 1.29 is 19.1 Å². The Morgan fingerprint density at radius 3 is 2.78 bits per heavy atom. The van der Waals surface area contributed by atoms with Crippen LogP contribution in [0.25, 0.3) is 0 Å². The molecule has 1 fully saturated rings. The van der Waals surface area contributed by atoms with Crippen LogP contribution in [0.5, 0.6) is 0 Å². The first-order valence-electron chi connectivity index (χ1n) is 6.36. The molecule has 0 aromatic heterocycles. The van der Waals surface area contributed by atoms with Crippen molar-refractivity contribution in [1.29, 1.82) is 0 Å². The van der Waals surface area contributed by atoms with Crippen LogP contribution >= 0.6 is 11.6 Å². The Bertz CT molecular complexity index is 285. The summed E-state index contributed by atoms with van der Waals surface area (Å²) in [5.41, 5.74) is 0. The van der Waals surface area contributed by atoms with E-state index < -0.39 is 12.1 Å². The molecule has 0 saturated carbocycles. The maximum atomic E-state index is 11.8. The van der Waals surface area contributed by atoms with Crippen LogP contribution in [0.3, 0.4) is 0 Å². The third kappa shape index (κ3) is 4.37. The quantitative estimate of drug-likeness (QED) is 0.424. The van der Waals surface area contributed by atoms with Crippen molar-refractivity contribution in [3.05, 3.63) is 0 Å². The summed E-state index contributed by atoms with van der Waals surface area (Å²) in [6.07, 6.45) is 2.77. The van der Waals surface area contributed by atoms with Crippen molar-refractivity contribution in [3.63, 3.8) is 0 Å². The minimum Gasteiger partial charge on any atom is -0.464 e. The third-order valence-electron chi connectivity index (χ3n) is 2.80. The first kappa shape index (κ1) is 15.1. The number of esters is 1. The summed E-state index contributed by atoms with van der Waals surface area (Å²) in [4.78, 5) is 24.9. The van der Waals surface area contributed by atoms with Gasteiger partial charge in [0.15, 0.2) is 0 Å². The van der Waals surface area contributed by atoms with Crippen molar-refractivity contribution in [2.45, 2.75) is 38.6 Å². The van der Waals surface area contributed by atoms with Crippen LogP contribution in [0.15, 0.2) is 0 Å². The van der Waals surface area contributed by atoms with Gasteiger partial charge in [-0.25, -0.2) is 9.59 Å². The van der Waals surface area contributed by atoms with Crippen molar-refractivity contribution in [2.24, 2.45) is 0 Å². The van der Waals surface area contributed by atoms with Crippen molar-refractivity contribution in [2.75, 3.05) is 25.6 Å². The van der Waals surface area contributed by atoms with E-state index in [0.717, 1.165) is 19.3 Å². The molecular formula is C12H20ClNO4. The van der Waals surface area contributed by atoms with Crippen molar-refractivity contribution in [1.82, 2.24) is 4.90 Å². The van der Waals surface area contributed by atoms with Crippen LogP contribution in [0.1, 0.15) is 32.6 Å². The van der Waals surface area contributed by atoms with E-state index in [9.17, 15) is 9.59 Å². The molecule has 0 spiro atoms. The van der Waals surface area contributed by atoms with E-state index in [1.54, 1.807) is 0 Å². The van der Waals surface area contributed by atoms with Crippen LogP contribution in [0.4, 0.5) is 4.79 Å². The molecule has 1 rings (SSSR count). The Morgan fingerprint density at radius 2 is 2.11 bits per heavy atom. The van der Waals surface area contributed by atoms with E-state index in [0.29, 0.717) is 19.6 Å². The predicted octanol–water partition coefficient (Wildman–Crippen LogP) is 2.17. The van der Waals surface area contributed by atoms with Crippen molar-refractivity contribution in [3.8, 4) is 0 Å². The standard InChI is InChI=1S/C12H20ClNO4/c1-2-3-8-17-11(15)10-5-4-7-14(10)12(16)18-9-6-13/h10H,2-9H2,1H3. The zero-order chi connectivity index (χ0) is 13.4. The molecule has 0 aromatic rings. The number of hydrogen-bond acceptors (Lipinski definition) is 4. The third-order valence-corrected chi connectivity index (χ3v) is 2.96. The second-order valence-corrected chi connectivity index (χ2v) is 4.55. The average molecular weight is 278 g/mol. The minimum atomic E-state index is -0.496. The van der Waals surface area contributed by atoms with E-state index >= 15 is 0 Å². The molecule has 1 amide bonds. The van der Waals surface area contributed by atoms with E-state index in [1.807, 2.05) is 6.92 Å². The summed E-state index contributed by atoms with van der Waals surface area (Å²) < 4.78 is 10.1. The van der Waals surface area contributed by atoms with Gasteiger partial charge >= 0.3 is 12.1 Å². The van der Waals surface area contributed by atoms with Crippen LogP contribution < -0.4 is 0 Å². The van der Waals surface area contributed by atoms with Crippen LogP contribution in [0, 0.1) is 0 Å². The van der Waals surface area contributed by atoms with Gasteiger partial charge in [0.05, 0.1) is 12.5 Å². The maximum absolute atomic E-state index is 11.8. The number of unbranched alkanes of at least 4 members (excludes halogenated alkanes) is 1. The fourth-order valence-corrected chi connectivity index (χ4v) is 1.93. The molecule has 1 unspecified atom stereocenters. The Hall–Kier alpha value is -0.970. The van der Waals surface area contributed by atoms with E-state index in [1.165, 1.54) is 4.90 Å². The molecule has 6 heteroatoms. The van der Waals surface area contributed by atoms with Gasteiger partial charge in [0.2, 0.25) is 0 Å². The molecule has 5 nitrogen and oxygen atoms in total. The lowest BCUT2D eigenvalue weighted by atomic mass is 10.2. The highest BCUT2D eigenvalue weighted by Gasteiger charge is 2.36. The average Bonchev–Trinajstić information content (AvgIpc) is 2.85. The maximum Gasteiger partial charge on any atom is 0.410 e. The largest absolute Gasteiger partial charge is 0.464 e. The topological polar surface area (TPSA) is 55.8 Å². The lowest BCUT2D eigenvalue weighted by Crippen LogP contribution is -2.42. The van der Waals surface area contributed by atoms with Gasteiger partial charge in [-0.15, -0.1) is 11.6 Å². The highest BCUT2D eigenvalue weighted by Crippen LogP contribution is 2.19. The highest BCUT2D eigenvalue weighted by molar-refractivity contribution is 6.18. The number of amides is 1. The summed E-state index contributed by atoms with van der Waals surface area (Å²) >= 11 is 5.45. The van der Waals surface area contributed by atoms with Crippen LogP contribution in [-0.2, 0) is 14.3 Å². The number of ether oxygens (including phenoxy) is 2. The number of likely N-dealkylation sites (tertiary alicyclic amines) is 1. The SMILES string of the molecule is CCCCOC(=O)C1CCCN1C(=O)OCCCl. The van der Waals surface area contributed by atoms with Gasteiger partial charge in [0.1, 0.15) is 12.6 Å². The Morgan fingerprint density at radius 1 is 1.33 bits per heavy atom. The molecule has 18 heavy (non-hydrogen) atoms. The molecule has 1 atom stereocenters. The number of rotatable bonds is 6. The molecule has 0 radical (unpaired) electrons. The minimum absolute atomic E-state index is 0.161. The molecular weight excluding hydrogens is 258 g/mol. The molecule has 0 aliphatic carbocycles. The smallest absolute Gasteiger partial charge is 0.410 e. The zero-order valence-corrected chi connectivity index (χ0v) is 11.4. The summed E-state index contributed by atoms with van der Waals surface area (Å²) in [6, 6.07) is -0.496. The Balaban J connectivity index is 2.43. The van der Waals surface area contributed by atoms with Gasteiger partial charge in [-0.05, 0) is 19.3 Å². The van der Waals surface area contributed by atoms with E-state index in [2.05, 4.69) is 0 Å². The number of carbonyl (C=O) groups excluding carboxylic acids is 2. The number of nitrogens with zero attached hydrogens (tertiary/aromatic N) is 1. The lowest BCUT2D eigenvalue weighted by molar-refractivity contribution is -0.148. The molecule has 0 N–H and O–H groups in total. The second-order valence-electron chi connectivity index (χ2n) is 4.18. The van der Waals surface area contributed by atoms with Gasteiger partial charge in [-0.2, -0.15) is 0 Å². The summed E-state index contributed by atoms with van der Waals surface area (Å²) in [6.45, 7) is 3.14. The molecule has 1 aliphatic rings. The molecule has 0 bridgehead atoms. The molecule has 1 heterocycles. The van der Waals surface area contributed by atoms with E-state index in [-0.39, 0.29) is 18.5 Å². The monoisotopic (exact) mass is 277 g/mol. The van der Waals surface area contributed by atoms with Gasteiger partial charge < -0.3 is 9.47 Å². The van der Waals surface area contributed by atoms with Gasteiger partial charge in [-0.1, -0.05) is 13.3 Å². The fourth-order valence-electron chi connectivity index (χ4n) is 1.85. The number of halogens is 1. The normalized spacial score (nSPS) is 18.8. The van der Waals surface area contributed by atoms with Gasteiger partial charge in [0.25, 0.3) is 0 Å². The summed E-state index contributed by atoms with van der Waals surface area (Å²) in [7, 11) is 0. The van der Waals surface area contributed by atoms with E-state index in [4.69, 9.17) is 21.1 Å². The number of carbonyl (C=O) groups is 2. The lowest BCUT2D eigenvalue weighted by Gasteiger charge is -2.22. The van der Waals surface area contributed by atoms with Crippen LogP contribution in [-0.4, -0.2) is 48.6 Å². The second kappa shape index (κ2) is 8.19. The predicted molar refractivity (Wildman–Crippen MR) is 67.7 cm³/mol. The molecule has 104 valence electrons. The number of alkyl halides is 1. The number of hydrogen-bond donors (Lipinski definition) is 0. The van der Waals surface area contributed by atoms with Crippen molar-refractivity contribution >= 4 is 23.7 Å². The molecule has 1 aliphatic heterocycles. The summed E-state index contributed by atoms with van der Waals surface area (Å²) in [5, 5.41) is 0.